The SMILES string of the molecule is CC(Oc1ccc(F)cc1)C(=O)Nc1cn[nH]c1. The molecule has 0 aliphatic carbocycles. The zero-order chi connectivity index (χ0) is 13.0. The fraction of sp³-hybridized carbons (Fsp3) is 0.167. The van der Waals surface area contributed by atoms with Crippen molar-refractivity contribution in [1.29, 1.82) is 0 Å². The van der Waals surface area contributed by atoms with Crippen LogP contribution in [0.4, 0.5) is 10.1 Å². The summed E-state index contributed by atoms with van der Waals surface area (Å²) >= 11 is 0. The standard InChI is InChI=1S/C12H12FN3O2/c1-8(12(17)16-10-6-14-15-7-10)18-11-4-2-9(13)3-5-11/h2-8H,1H3,(H,14,15)(H,16,17). The van der Waals surface area contributed by atoms with Crippen LogP contribution in [0.25, 0.3) is 0 Å². The summed E-state index contributed by atoms with van der Waals surface area (Å²) in [6.07, 6.45) is 2.36. The maximum Gasteiger partial charge on any atom is 0.265 e. The first kappa shape index (κ1) is 12.1. The minimum atomic E-state index is -0.689. The molecule has 6 heteroatoms. The van der Waals surface area contributed by atoms with Crippen LogP contribution in [0, 0.1) is 5.82 Å². The third-order valence-electron chi connectivity index (χ3n) is 2.26. The molecule has 1 heterocycles. The van der Waals surface area contributed by atoms with Crippen molar-refractivity contribution in [3.05, 3.63) is 42.5 Å². The Labute approximate surface area is 103 Å². The van der Waals surface area contributed by atoms with Crippen LogP contribution in [-0.2, 0) is 4.79 Å². The van der Waals surface area contributed by atoms with Gasteiger partial charge in [-0.15, -0.1) is 0 Å². The lowest BCUT2D eigenvalue weighted by atomic mass is 10.3. The molecule has 1 atom stereocenters. The van der Waals surface area contributed by atoms with Gasteiger partial charge in [0.05, 0.1) is 11.9 Å². The Hall–Kier alpha value is -2.37. The molecule has 0 radical (unpaired) electrons. The number of nitrogens with one attached hydrogen (secondary N) is 2. The molecule has 0 saturated heterocycles. The molecule has 0 saturated carbocycles. The van der Waals surface area contributed by atoms with E-state index >= 15 is 0 Å². The van der Waals surface area contributed by atoms with Crippen molar-refractivity contribution in [2.45, 2.75) is 13.0 Å². The minimum Gasteiger partial charge on any atom is -0.481 e. The smallest absolute Gasteiger partial charge is 0.265 e. The molecule has 18 heavy (non-hydrogen) atoms. The van der Waals surface area contributed by atoms with Gasteiger partial charge >= 0.3 is 0 Å². The molecular weight excluding hydrogens is 237 g/mol. The van der Waals surface area contributed by atoms with Crippen LogP contribution < -0.4 is 10.1 Å². The predicted molar refractivity (Wildman–Crippen MR) is 63.7 cm³/mol. The Morgan fingerprint density at radius 3 is 2.78 bits per heavy atom. The molecule has 0 spiro atoms. The molecule has 2 rings (SSSR count). The Bertz CT molecular complexity index is 511. The van der Waals surface area contributed by atoms with Crippen molar-refractivity contribution in [2.24, 2.45) is 0 Å². The lowest BCUT2D eigenvalue weighted by molar-refractivity contribution is -0.122. The fourth-order valence-electron chi connectivity index (χ4n) is 1.33. The number of carbonyl (C=O) groups is 1. The highest BCUT2D eigenvalue weighted by atomic mass is 19.1. The first-order valence-corrected chi connectivity index (χ1v) is 5.37. The van der Waals surface area contributed by atoms with Crippen LogP contribution in [0.2, 0.25) is 0 Å². The van der Waals surface area contributed by atoms with E-state index in [4.69, 9.17) is 4.74 Å². The summed E-state index contributed by atoms with van der Waals surface area (Å²) in [5, 5.41) is 8.91. The molecule has 2 aromatic rings. The third-order valence-corrected chi connectivity index (χ3v) is 2.26. The number of hydrogen-bond acceptors (Lipinski definition) is 3. The van der Waals surface area contributed by atoms with Gasteiger partial charge < -0.3 is 10.1 Å². The van der Waals surface area contributed by atoms with Gasteiger partial charge in [-0.05, 0) is 31.2 Å². The van der Waals surface area contributed by atoms with Gasteiger partial charge in [-0.2, -0.15) is 5.10 Å². The molecule has 0 aliphatic rings. The van der Waals surface area contributed by atoms with Gasteiger partial charge in [-0.1, -0.05) is 0 Å². The van der Waals surface area contributed by atoms with Crippen molar-refractivity contribution in [3.63, 3.8) is 0 Å². The number of amides is 1. The Balaban J connectivity index is 1.93. The van der Waals surface area contributed by atoms with E-state index in [9.17, 15) is 9.18 Å². The van der Waals surface area contributed by atoms with Gasteiger partial charge in [0, 0.05) is 6.20 Å². The number of benzene rings is 1. The van der Waals surface area contributed by atoms with E-state index in [0.29, 0.717) is 11.4 Å². The second-order valence-electron chi connectivity index (χ2n) is 3.69. The summed E-state index contributed by atoms with van der Waals surface area (Å²) in [5.41, 5.74) is 0.564. The highest BCUT2D eigenvalue weighted by molar-refractivity contribution is 5.93. The summed E-state index contributed by atoms with van der Waals surface area (Å²) in [4.78, 5) is 11.7. The number of nitrogens with zero attached hydrogens (tertiary/aromatic N) is 1. The monoisotopic (exact) mass is 249 g/mol. The number of anilines is 1. The molecule has 2 N–H and O–H groups in total. The number of halogens is 1. The number of rotatable bonds is 4. The molecule has 94 valence electrons. The van der Waals surface area contributed by atoms with E-state index in [1.807, 2.05) is 0 Å². The second kappa shape index (κ2) is 5.31. The van der Waals surface area contributed by atoms with E-state index in [1.54, 1.807) is 13.1 Å². The van der Waals surface area contributed by atoms with Gasteiger partial charge in [-0.3, -0.25) is 9.89 Å². The van der Waals surface area contributed by atoms with Gasteiger partial charge in [-0.25, -0.2) is 4.39 Å². The molecule has 1 amide bonds. The summed E-state index contributed by atoms with van der Waals surface area (Å²) in [6.45, 7) is 1.61. The average Bonchev–Trinajstić information content (AvgIpc) is 2.85. The van der Waals surface area contributed by atoms with Crippen LogP contribution in [0.1, 0.15) is 6.92 Å². The average molecular weight is 249 g/mol. The van der Waals surface area contributed by atoms with Crippen molar-refractivity contribution in [1.82, 2.24) is 10.2 Å². The highest BCUT2D eigenvalue weighted by Crippen LogP contribution is 2.13. The van der Waals surface area contributed by atoms with E-state index in [-0.39, 0.29) is 11.7 Å². The third kappa shape index (κ3) is 3.07. The van der Waals surface area contributed by atoms with Gasteiger partial charge in [0.25, 0.3) is 5.91 Å². The maximum atomic E-state index is 12.7. The van der Waals surface area contributed by atoms with E-state index < -0.39 is 6.10 Å². The number of hydrogen-bond donors (Lipinski definition) is 2. The maximum absolute atomic E-state index is 12.7. The van der Waals surface area contributed by atoms with E-state index in [0.717, 1.165) is 0 Å². The van der Waals surface area contributed by atoms with E-state index in [1.165, 1.54) is 30.5 Å². The lowest BCUT2D eigenvalue weighted by Crippen LogP contribution is -2.29. The molecule has 1 aromatic heterocycles. The summed E-state index contributed by atoms with van der Waals surface area (Å²) in [7, 11) is 0. The summed E-state index contributed by atoms with van der Waals surface area (Å²) in [6, 6.07) is 5.49. The van der Waals surface area contributed by atoms with Crippen LogP contribution in [-0.4, -0.2) is 22.2 Å². The van der Waals surface area contributed by atoms with Gasteiger partial charge in [0.1, 0.15) is 11.6 Å². The fourth-order valence-corrected chi connectivity index (χ4v) is 1.33. The van der Waals surface area contributed by atoms with Crippen LogP contribution in [0.5, 0.6) is 5.75 Å². The number of aromatic amines is 1. The van der Waals surface area contributed by atoms with Crippen molar-refractivity contribution in [3.8, 4) is 5.75 Å². The molecular formula is C12H12FN3O2. The zero-order valence-corrected chi connectivity index (χ0v) is 9.68. The van der Waals surface area contributed by atoms with Crippen LogP contribution in [0.3, 0.4) is 0 Å². The number of carbonyl (C=O) groups excluding carboxylic acids is 1. The van der Waals surface area contributed by atoms with E-state index in [2.05, 4.69) is 15.5 Å². The van der Waals surface area contributed by atoms with Crippen LogP contribution >= 0.6 is 0 Å². The van der Waals surface area contributed by atoms with Crippen molar-refractivity contribution < 1.29 is 13.9 Å². The summed E-state index contributed by atoms with van der Waals surface area (Å²) < 4.78 is 18.1. The second-order valence-corrected chi connectivity index (χ2v) is 3.69. The van der Waals surface area contributed by atoms with Gasteiger partial charge in [0.15, 0.2) is 6.10 Å². The van der Waals surface area contributed by atoms with Crippen molar-refractivity contribution >= 4 is 11.6 Å². The topological polar surface area (TPSA) is 67.0 Å². The predicted octanol–water partition coefficient (Wildman–Crippen LogP) is 1.95. The zero-order valence-electron chi connectivity index (χ0n) is 9.68. The Morgan fingerprint density at radius 2 is 2.17 bits per heavy atom. The Morgan fingerprint density at radius 1 is 1.44 bits per heavy atom. The molecule has 0 aliphatic heterocycles. The number of aromatic nitrogens is 2. The van der Waals surface area contributed by atoms with Crippen molar-refractivity contribution in [2.75, 3.05) is 5.32 Å². The van der Waals surface area contributed by atoms with Gasteiger partial charge in [0.2, 0.25) is 0 Å². The first-order valence-electron chi connectivity index (χ1n) is 5.37. The molecule has 5 nitrogen and oxygen atoms in total. The first-order chi connectivity index (χ1) is 8.65. The molecule has 1 unspecified atom stereocenters. The minimum absolute atomic E-state index is 0.305. The normalized spacial score (nSPS) is 11.9. The molecule has 1 aromatic carbocycles. The highest BCUT2D eigenvalue weighted by Gasteiger charge is 2.15. The van der Waals surface area contributed by atoms with Crippen LogP contribution in [0.15, 0.2) is 36.7 Å². The number of H-pyrrole nitrogens is 1. The summed E-state index contributed by atoms with van der Waals surface area (Å²) in [5.74, 6) is -0.218. The lowest BCUT2D eigenvalue weighted by Gasteiger charge is -2.13. The largest absolute Gasteiger partial charge is 0.481 e. The quantitative estimate of drug-likeness (QED) is 0.870. The number of ether oxygens (including phenoxy) is 1. The molecule has 0 bridgehead atoms. The Kier molecular flexibility index (Phi) is 3.57. The molecule has 0 fully saturated rings.